The third-order valence-electron chi connectivity index (χ3n) is 3.85. The Morgan fingerprint density at radius 2 is 1.64 bits per heavy atom. The molecular formula is C15H21NO5Si. The number of carbonyl (C=O) groups is 1. The van der Waals surface area contributed by atoms with Crippen LogP contribution < -0.4 is 5.19 Å². The third kappa shape index (κ3) is 3.23. The molecule has 0 radical (unpaired) electrons. The highest BCUT2D eigenvalue weighted by Crippen LogP contribution is 2.16. The van der Waals surface area contributed by atoms with E-state index in [1.807, 2.05) is 12.1 Å². The van der Waals surface area contributed by atoms with Crippen molar-refractivity contribution in [2.75, 3.05) is 46.1 Å². The minimum absolute atomic E-state index is 0.318. The number of fused-ring (bicyclic) bond motifs is 6. The molecule has 6 nitrogen and oxygen atoms in total. The largest absolute Gasteiger partial charge is 0.537 e. The Morgan fingerprint density at radius 3 is 2.14 bits per heavy atom. The van der Waals surface area contributed by atoms with E-state index in [1.54, 1.807) is 19.1 Å². The van der Waals surface area contributed by atoms with Crippen molar-refractivity contribution in [3.05, 3.63) is 29.8 Å². The molecule has 1 aromatic carbocycles. The molecule has 3 heterocycles. The van der Waals surface area contributed by atoms with Crippen LogP contribution >= 0.6 is 0 Å². The van der Waals surface area contributed by atoms with Gasteiger partial charge in [0.2, 0.25) is 0 Å². The Hall–Kier alpha value is -1.25. The van der Waals surface area contributed by atoms with Gasteiger partial charge >= 0.3 is 14.8 Å². The summed E-state index contributed by atoms with van der Waals surface area (Å²) < 4.78 is 23.0. The molecule has 0 saturated carbocycles. The van der Waals surface area contributed by atoms with Gasteiger partial charge in [0.25, 0.3) is 0 Å². The molecule has 0 atom stereocenters. The Balaban J connectivity index is 1.82. The predicted molar refractivity (Wildman–Crippen MR) is 82.1 cm³/mol. The fourth-order valence-electron chi connectivity index (χ4n) is 2.66. The van der Waals surface area contributed by atoms with Crippen molar-refractivity contribution < 1.29 is 22.8 Å². The van der Waals surface area contributed by atoms with Gasteiger partial charge in [-0.15, -0.1) is 0 Å². The van der Waals surface area contributed by atoms with E-state index in [-0.39, 0.29) is 5.97 Å². The standard InChI is InChI=1S/C15H21NO5Si/c1-2-18-15(17)13-3-5-14(6-4-13)22-19-10-7-16(8-11-20-22)9-12-21-22/h3-6H,2,7-12H2,1H3. The second-order valence-electron chi connectivity index (χ2n) is 5.24. The molecule has 120 valence electrons. The quantitative estimate of drug-likeness (QED) is 0.592. The summed E-state index contributed by atoms with van der Waals surface area (Å²) >= 11 is 0. The van der Waals surface area contributed by atoms with E-state index in [0.717, 1.165) is 24.8 Å². The number of rotatable bonds is 3. The van der Waals surface area contributed by atoms with E-state index < -0.39 is 8.80 Å². The van der Waals surface area contributed by atoms with E-state index in [2.05, 4.69) is 4.90 Å². The van der Waals surface area contributed by atoms with Crippen LogP contribution in [-0.2, 0) is 18.0 Å². The van der Waals surface area contributed by atoms with Crippen molar-refractivity contribution >= 4 is 20.0 Å². The predicted octanol–water partition coefficient (Wildman–Crippen LogP) is 0.388. The van der Waals surface area contributed by atoms with Gasteiger partial charge in [-0.1, -0.05) is 12.1 Å². The fraction of sp³-hybridized carbons (Fsp3) is 0.533. The van der Waals surface area contributed by atoms with E-state index in [1.165, 1.54) is 0 Å². The topological polar surface area (TPSA) is 57.2 Å². The van der Waals surface area contributed by atoms with Crippen LogP contribution in [0, 0.1) is 0 Å². The van der Waals surface area contributed by atoms with E-state index in [9.17, 15) is 4.79 Å². The lowest BCUT2D eigenvalue weighted by Gasteiger charge is -2.38. The van der Waals surface area contributed by atoms with Crippen molar-refractivity contribution in [1.29, 1.82) is 0 Å². The van der Waals surface area contributed by atoms with Gasteiger partial charge in [-0.25, -0.2) is 4.79 Å². The summed E-state index contributed by atoms with van der Waals surface area (Å²) in [7, 11) is -2.86. The summed E-state index contributed by atoms with van der Waals surface area (Å²) in [6.45, 7) is 6.68. The highest BCUT2D eigenvalue weighted by Gasteiger charge is 2.46. The van der Waals surface area contributed by atoms with Gasteiger partial charge in [0.05, 0.1) is 32.0 Å². The summed E-state index contributed by atoms with van der Waals surface area (Å²) in [4.78, 5) is 14.0. The zero-order chi connectivity index (χ0) is 15.4. The first-order chi connectivity index (χ1) is 10.7. The molecule has 0 amide bonds. The van der Waals surface area contributed by atoms with E-state index in [4.69, 9.17) is 18.0 Å². The van der Waals surface area contributed by atoms with Crippen LogP contribution in [0.2, 0.25) is 0 Å². The Morgan fingerprint density at radius 1 is 1.09 bits per heavy atom. The molecule has 3 aliphatic rings. The minimum Gasteiger partial charge on any atom is -0.462 e. The van der Waals surface area contributed by atoms with Crippen molar-refractivity contribution in [2.45, 2.75) is 6.92 Å². The minimum atomic E-state index is -2.86. The van der Waals surface area contributed by atoms with Gasteiger partial charge in [-0.05, 0) is 19.1 Å². The number of ether oxygens (including phenoxy) is 1. The molecule has 7 heteroatoms. The third-order valence-corrected chi connectivity index (χ3v) is 6.64. The molecule has 4 rings (SSSR count). The molecule has 2 bridgehead atoms. The Kier molecular flexibility index (Phi) is 4.89. The lowest BCUT2D eigenvalue weighted by molar-refractivity contribution is 0.00139. The first-order valence-corrected chi connectivity index (χ1v) is 9.38. The normalized spacial score (nSPS) is 28.5. The molecule has 22 heavy (non-hydrogen) atoms. The molecule has 0 aromatic heterocycles. The van der Waals surface area contributed by atoms with Gasteiger partial charge in [-0.3, -0.25) is 4.90 Å². The zero-order valence-electron chi connectivity index (χ0n) is 12.7. The highest BCUT2D eigenvalue weighted by atomic mass is 28.4. The molecule has 3 saturated heterocycles. The number of hydrogen-bond donors (Lipinski definition) is 0. The van der Waals surface area contributed by atoms with Crippen LogP contribution in [0.1, 0.15) is 17.3 Å². The second kappa shape index (κ2) is 6.89. The molecule has 3 fully saturated rings. The molecule has 0 unspecified atom stereocenters. The average Bonchev–Trinajstić information content (AvgIpc) is 2.46. The Bertz CT molecular complexity index is 495. The lowest BCUT2D eigenvalue weighted by atomic mass is 10.2. The lowest BCUT2D eigenvalue weighted by Crippen LogP contribution is -2.62. The van der Waals surface area contributed by atoms with Crippen molar-refractivity contribution in [3.8, 4) is 0 Å². The fourth-order valence-corrected chi connectivity index (χ4v) is 5.07. The summed E-state index contributed by atoms with van der Waals surface area (Å²) in [5.41, 5.74) is 0.527. The van der Waals surface area contributed by atoms with Crippen LogP contribution in [0.3, 0.4) is 0 Å². The van der Waals surface area contributed by atoms with Gasteiger partial charge < -0.3 is 18.0 Å². The first-order valence-electron chi connectivity index (χ1n) is 7.65. The highest BCUT2D eigenvalue weighted by molar-refractivity contribution is 6.75. The van der Waals surface area contributed by atoms with Gasteiger partial charge in [0.1, 0.15) is 0 Å². The van der Waals surface area contributed by atoms with Crippen LogP contribution in [0.4, 0.5) is 0 Å². The SMILES string of the molecule is CCOC(=O)c1ccc([Si]23OCCN(CCO2)CCO3)cc1. The molecule has 0 spiro atoms. The van der Waals surface area contributed by atoms with Crippen LogP contribution in [-0.4, -0.2) is 65.7 Å². The van der Waals surface area contributed by atoms with Crippen LogP contribution in [0.15, 0.2) is 24.3 Å². The smallest absolute Gasteiger partial charge is 0.462 e. The van der Waals surface area contributed by atoms with Crippen molar-refractivity contribution in [2.24, 2.45) is 0 Å². The van der Waals surface area contributed by atoms with Crippen molar-refractivity contribution in [1.82, 2.24) is 4.90 Å². The molecule has 1 aromatic rings. The summed E-state index contributed by atoms with van der Waals surface area (Å²) in [6, 6.07) is 7.21. The number of esters is 1. The maximum atomic E-state index is 11.7. The zero-order valence-corrected chi connectivity index (χ0v) is 13.7. The van der Waals surface area contributed by atoms with Crippen molar-refractivity contribution in [3.63, 3.8) is 0 Å². The van der Waals surface area contributed by atoms with Crippen LogP contribution in [0.5, 0.6) is 0 Å². The van der Waals surface area contributed by atoms with Gasteiger partial charge in [-0.2, -0.15) is 0 Å². The van der Waals surface area contributed by atoms with Crippen LogP contribution in [0.25, 0.3) is 0 Å². The van der Waals surface area contributed by atoms with Gasteiger partial charge in [0, 0.05) is 24.8 Å². The average molecular weight is 323 g/mol. The van der Waals surface area contributed by atoms with E-state index >= 15 is 0 Å². The number of hydrogen-bond acceptors (Lipinski definition) is 6. The summed E-state index contributed by atoms with van der Waals surface area (Å²) in [5, 5.41) is 0.899. The monoisotopic (exact) mass is 323 g/mol. The summed E-state index contributed by atoms with van der Waals surface area (Å²) in [5.74, 6) is -0.318. The number of nitrogens with zero attached hydrogens (tertiary/aromatic N) is 1. The number of carbonyl (C=O) groups excluding carboxylic acids is 1. The van der Waals surface area contributed by atoms with E-state index in [0.29, 0.717) is 32.0 Å². The first kappa shape index (κ1) is 15.6. The van der Waals surface area contributed by atoms with Gasteiger partial charge in [0.15, 0.2) is 0 Å². The molecular weight excluding hydrogens is 302 g/mol. The molecule has 3 aliphatic heterocycles. The summed E-state index contributed by atoms with van der Waals surface area (Å²) in [6.07, 6.45) is 0. The molecule has 0 N–H and O–H groups in total. The maximum absolute atomic E-state index is 11.7. The maximum Gasteiger partial charge on any atom is 0.537 e. The Labute approximate surface area is 131 Å². The second-order valence-corrected chi connectivity index (χ2v) is 7.80. The molecule has 0 aliphatic carbocycles. The number of benzene rings is 1.